The number of amides is 2. The van der Waals surface area contributed by atoms with E-state index in [1.807, 2.05) is 5.32 Å². The average molecular weight is 674 g/mol. The zero-order chi connectivity index (χ0) is 33.7. The highest BCUT2D eigenvalue weighted by atomic mass is 19.4. The molecule has 2 fully saturated rings. The van der Waals surface area contributed by atoms with Gasteiger partial charge in [-0.25, -0.2) is 31.7 Å². The first-order valence-electron chi connectivity index (χ1n) is 14.4. The summed E-state index contributed by atoms with van der Waals surface area (Å²) in [4.78, 5) is 31.8. The number of halogens is 7. The number of rotatable bonds is 9. The van der Waals surface area contributed by atoms with Crippen LogP contribution >= 0.6 is 0 Å². The Morgan fingerprint density at radius 3 is 2.57 bits per heavy atom. The van der Waals surface area contributed by atoms with Crippen LogP contribution in [-0.2, 0) is 24.7 Å². The fourth-order valence-corrected chi connectivity index (χ4v) is 6.21. The average Bonchev–Trinajstić information content (AvgIpc) is 3.78. The summed E-state index contributed by atoms with van der Waals surface area (Å²) in [6.07, 6.45) is -7.19. The van der Waals surface area contributed by atoms with Crippen molar-refractivity contribution in [3.63, 3.8) is 0 Å². The van der Waals surface area contributed by atoms with Crippen molar-refractivity contribution < 1.29 is 45.0 Å². The third-order valence-electron chi connectivity index (χ3n) is 8.54. The Bertz CT molecular complexity index is 1780. The topological polar surface area (TPSA) is 171 Å². The second-order valence-corrected chi connectivity index (χ2v) is 11.9. The summed E-state index contributed by atoms with van der Waals surface area (Å²) >= 11 is 0. The number of imidazole rings is 1. The Morgan fingerprint density at radius 1 is 1.19 bits per heavy atom. The Kier molecular flexibility index (Phi) is 8.10. The Balaban J connectivity index is 1.31. The number of fused-ring (bicyclic) bond motifs is 1. The molecule has 2 N–H and O–H groups in total. The maximum Gasteiger partial charge on any atom is 0.408 e. The summed E-state index contributed by atoms with van der Waals surface area (Å²) < 4.78 is 101. The van der Waals surface area contributed by atoms with Gasteiger partial charge in [0, 0.05) is 19.3 Å². The highest BCUT2D eigenvalue weighted by molar-refractivity contribution is 5.93. The third-order valence-corrected chi connectivity index (χ3v) is 8.54. The molecule has 1 aliphatic heterocycles. The lowest BCUT2D eigenvalue weighted by Crippen LogP contribution is -2.39. The molecular weight excluding hydrogens is 647 g/mol. The van der Waals surface area contributed by atoms with E-state index in [1.54, 1.807) is 0 Å². The highest BCUT2D eigenvalue weighted by Gasteiger charge is 2.56. The molecule has 0 spiro atoms. The second kappa shape index (κ2) is 11.8. The first-order valence-corrected chi connectivity index (χ1v) is 14.4. The first-order chi connectivity index (χ1) is 22.1. The molecule has 4 aromatic heterocycles. The predicted octanol–water partition coefficient (Wildman–Crippen LogP) is 3.09. The molecule has 6 rings (SSSR count). The summed E-state index contributed by atoms with van der Waals surface area (Å²) in [6.45, 7) is 0. The zero-order valence-electron chi connectivity index (χ0n) is 24.4. The van der Waals surface area contributed by atoms with Gasteiger partial charge < -0.3 is 10.6 Å². The van der Waals surface area contributed by atoms with Gasteiger partial charge in [0.15, 0.2) is 17.2 Å². The van der Waals surface area contributed by atoms with Crippen LogP contribution < -0.4 is 10.6 Å². The Morgan fingerprint density at radius 2 is 1.94 bits per heavy atom. The van der Waals surface area contributed by atoms with Gasteiger partial charge in [-0.05, 0) is 58.8 Å². The van der Waals surface area contributed by atoms with Crippen LogP contribution in [-0.4, -0.2) is 75.1 Å². The van der Waals surface area contributed by atoms with E-state index in [2.05, 4.69) is 45.8 Å². The van der Waals surface area contributed by atoms with Gasteiger partial charge in [0.25, 0.3) is 12.3 Å². The van der Waals surface area contributed by atoms with Gasteiger partial charge in [0.05, 0.1) is 36.6 Å². The van der Waals surface area contributed by atoms with E-state index >= 15 is 0 Å². The van der Waals surface area contributed by atoms with Crippen molar-refractivity contribution in [2.24, 2.45) is 18.4 Å². The van der Waals surface area contributed by atoms with E-state index < -0.39 is 84.4 Å². The Labute approximate surface area is 259 Å². The molecule has 4 aromatic rings. The number of hydrogen-bond donors (Lipinski definition) is 2. The number of alkyl halides is 7. The second-order valence-electron chi connectivity index (χ2n) is 11.9. The minimum atomic E-state index is -4.70. The fraction of sp³-hybridized carbons (Fsp3) is 0.577. The lowest BCUT2D eigenvalue weighted by atomic mass is 9.76. The van der Waals surface area contributed by atoms with E-state index in [-0.39, 0.29) is 42.8 Å². The van der Waals surface area contributed by atoms with Gasteiger partial charge in [-0.15, -0.1) is 10.2 Å². The SMILES string of the molecule is Cn1nnc(C[C@]2(Cc3cnn4cc([C@@H](NC(=O)c5nonc5C(F)F)C5CCC(F)(F)CC5)nc4c3)C[C@@H](C(F)(F)F)NC2=O)n1. The molecule has 1 saturated heterocycles. The number of carbonyl (C=O) groups is 2. The van der Waals surface area contributed by atoms with Gasteiger partial charge in [-0.3, -0.25) is 9.59 Å². The number of carbonyl (C=O) groups excluding carboxylic acids is 2. The lowest BCUT2D eigenvalue weighted by molar-refractivity contribution is -0.155. The molecule has 14 nitrogen and oxygen atoms in total. The van der Waals surface area contributed by atoms with Crippen LogP contribution in [0.4, 0.5) is 30.7 Å². The maximum atomic E-state index is 14.0. The lowest BCUT2D eigenvalue weighted by Gasteiger charge is -2.33. The molecule has 0 aromatic carbocycles. The molecule has 0 bridgehead atoms. The van der Waals surface area contributed by atoms with Crippen LogP contribution in [0.25, 0.3) is 5.65 Å². The predicted molar refractivity (Wildman–Crippen MR) is 141 cm³/mol. The number of tetrazole rings is 1. The van der Waals surface area contributed by atoms with Crippen LogP contribution in [0.5, 0.6) is 0 Å². The van der Waals surface area contributed by atoms with Crippen molar-refractivity contribution in [1.82, 2.24) is 55.8 Å². The largest absolute Gasteiger partial charge is 0.408 e. The normalized spacial score (nSPS) is 22.6. The van der Waals surface area contributed by atoms with Gasteiger partial charge in [0.2, 0.25) is 17.5 Å². The zero-order valence-corrected chi connectivity index (χ0v) is 24.4. The third kappa shape index (κ3) is 6.59. The molecule has 5 heterocycles. The number of aromatic nitrogens is 9. The monoisotopic (exact) mass is 673 g/mol. The van der Waals surface area contributed by atoms with Crippen LogP contribution in [0.15, 0.2) is 23.1 Å². The van der Waals surface area contributed by atoms with Gasteiger partial charge in [-0.1, -0.05) is 0 Å². The molecular formula is C26H26F7N11O3. The van der Waals surface area contributed by atoms with Crippen LogP contribution in [0.1, 0.15) is 77.8 Å². The molecule has 2 amide bonds. The Hall–Kier alpha value is -4.72. The van der Waals surface area contributed by atoms with Crippen LogP contribution in [0.3, 0.4) is 0 Å². The van der Waals surface area contributed by atoms with Crippen molar-refractivity contribution in [2.45, 2.75) is 75.6 Å². The van der Waals surface area contributed by atoms with Crippen LogP contribution in [0, 0.1) is 11.3 Å². The molecule has 252 valence electrons. The quantitative estimate of drug-likeness (QED) is 0.252. The number of nitrogens with one attached hydrogen (secondary N) is 2. The van der Waals surface area contributed by atoms with E-state index in [0.29, 0.717) is 5.56 Å². The molecule has 1 aliphatic carbocycles. The summed E-state index contributed by atoms with van der Waals surface area (Å²) in [5, 5.41) is 26.8. The molecule has 0 unspecified atom stereocenters. The van der Waals surface area contributed by atoms with Gasteiger partial charge in [-0.2, -0.15) is 23.1 Å². The summed E-state index contributed by atoms with van der Waals surface area (Å²) in [5.74, 6) is -5.36. The standard InChI is InChI=1S/C26H26F7N11O3/c1-43-39-16(38-42-43)9-24(8-15(26(31,32)33)36-23(24)46)7-12-6-17-35-14(11-44(17)34-10-12)18(13-2-4-25(29,30)5-3-13)37-22(45)20-19(21(27)28)40-47-41-20/h6,10-11,13,15,18,21H,2-5,7-9H2,1H3,(H,36,46)(H,37,45)/t15-,18-,24-/m0/s1. The van der Waals surface area contributed by atoms with E-state index in [4.69, 9.17) is 0 Å². The van der Waals surface area contributed by atoms with Crippen molar-refractivity contribution in [3.05, 3.63) is 46.9 Å². The number of aryl methyl sites for hydroxylation is 1. The van der Waals surface area contributed by atoms with E-state index in [9.17, 15) is 40.3 Å². The van der Waals surface area contributed by atoms with E-state index in [1.165, 1.54) is 30.0 Å². The summed E-state index contributed by atoms with van der Waals surface area (Å²) in [5.41, 5.74) is -2.73. The van der Waals surface area contributed by atoms with Crippen molar-refractivity contribution in [1.29, 1.82) is 0 Å². The minimum Gasteiger partial charge on any atom is -0.344 e. The molecule has 2 aliphatic rings. The van der Waals surface area contributed by atoms with Crippen molar-refractivity contribution in [2.75, 3.05) is 0 Å². The summed E-state index contributed by atoms with van der Waals surface area (Å²) in [6, 6.07) is -1.66. The number of nitrogens with zero attached hydrogens (tertiary/aromatic N) is 9. The smallest absolute Gasteiger partial charge is 0.344 e. The maximum absolute atomic E-state index is 14.0. The van der Waals surface area contributed by atoms with Crippen molar-refractivity contribution >= 4 is 17.5 Å². The van der Waals surface area contributed by atoms with Crippen LogP contribution in [0.2, 0.25) is 0 Å². The molecule has 1 saturated carbocycles. The molecule has 0 radical (unpaired) electrons. The number of hydrogen-bond acceptors (Lipinski definition) is 10. The van der Waals surface area contributed by atoms with Gasteiger partial charge >= 0.3 is 6.18 Å². The minimum absolute atomic E-state index is 0.0301. The highest BCUT2D eigenvalue weighted by Crippen LogP contribution is 2.43. The van der Waals surface area contributed by atoms with Gasteiger partial charge in [0.1, 0.15) is 6.04 Å². The summed E-state index contributed by atoms with van der Waals surface area (Å²) in [7, 11) is 1.47. The molecule has 47 heavy (non-hydrogen) atoms. The fourth-order valence-electron chi connectivity index (χ4n) is 6.21. The first kappa shape index (κ1) is 32.2. The van der Waals surface area contributed by atoms with E-state index in [0.717, 1.165) is 4.80 Å². The molecule has 3 atom stereocenters. The van der Waals surface area contributed by atoms with Crippen molar-refractivity contribution in [3.8, 4) is 0 Å². The molecule has 21 heteroatoms.